The summed E-state index contributed by atoms with van der Waals surface area (Å²) in [6, 6.07) is 15.3. The maximum Gasteiger partial charge on any atom is 0.0705 e. The highest BCUT2D eigenvalue weighted by Gasteiger charge is 2.31. The first-order valence-corrected chi connectivity index (χ1v) is 7.73. The van der Waals surface area contributed by atoms with Crippen LogP contribution in [0.15, 0.2) is 36.4 Å². The van der Waals surface area contributed by atoms with Gasteiger partial charge in [-0.2, -0.15) is 5.26 Å². The van der Waals surface area contributed by atoms with Crippen molar-refractivity contribution in [2.75, 3.05) is 6.54 Å². The van der Waals surface area contributed by atoms with Gasteiger partial charge in [-0.25, -0.2) is 0 Å². The Labute approximate surface area is 126 Å². The SMILES string of the molecule is C[C@@H](C1CC1)N(CCC#N)Cc1ccc2ccccc2n1. The van der Waals surface area contributed by atoms with E-state index in [1.165, 1.54) is 18.2 Å². The van der Waals surface area contributed by atoms with E-state index in [2.05, 4.69) is 42.2 Å². The molecule has 0 spiro atoms. The molecule has 0 unspecified atom stereocenters. The molecule has 3 nitrogen and oxygen atoms in total. The van der Waals surface area contributed by atoms with Gasteiger partial charge in [0.2, 0.25) is 0 Å². The Morgan fingerprint density at radius 3 is 2.86 bits per heavy atom. The molecule has 108 valence electrons. The molecule has 0 radical (unpaired) electrons. The summed E-state index contributed by atoms with van der Waals surface area (Å²) >= 11 is 0. The first kappa shape index (κ1) is 14.0. The molecule has 1 saturated carbocycles. The Morgan fingerprint density at radius 1 is 1.29 bits per heavy atom. The van der Waals surface area contributed by atoms with Crippen LogP contribution < -0.4 is 0 Å². The predicted octanol–water partition coefficient (Wildman–Crippen LogP) is 3.75. The van der Waals surface area contributed by atoms with Gasteiger partial charge in [-0.15, -0.1) is 0 Å². The van der Waals surface area contributed by atoms with Crippen molar-refractivity contribution < 1.29 is 0 Å². The van der Waals surface area contributed by atoms with Crippen molar-refractivity contribution in [3.8, 4) is 6.07 Å². The molecular weight excluding hydrogens is 258 g/mol. The third-order valence-corrected chi connectivity index (χ3v) is 4.41. The molecule has 3 rings (SSSR count). The van der Waals surface area contributed by atoms with E-state index in [9.17, 15) is 0 Å². The topological polar surface area (TPSA) is 39.9 Å². The van der Waals surface area contributed by atoms with Crippen LogP contribution in [0.3, 0.4) is 0 Å². The average molecular weight is 279 g/mol. The summed E-state index contributed by atoms with van der Waals surface area (Å²) in [5.74, 6) is 0.809. The lowest BCUT2D eigenvalue weighted by Gasteiger charge is -2.28. The molecule has 1 aromatic heterocycles. The number of nitrogens with zero attached hydrogens (tertiary/aromatic N) is 3. The van der Waals surface area contributed by atoms with Crippen LogP contribution in [-0.2, 0) is 6.54 Å². The van der Waals surface area contributed by atoms with Crippen molar-refractivity contribution in [2.45, 2.75) is 38.8 Å². The molecular formula is C18H21N3. The summed E-state index contributed by atoms with van der Waals surface area (Å²) in [5, 5.41) is 10.0. The van der Waals surface area contributed by atoms with Gasteiger partial charge in [-0.3, -0.25) is 9.88 Å². The summed E-state index contributed by atoms with van der Waals surface area (Å²) < 4.78 is 0. The normalized spacial score (nSPS) is 16.0. The van der Waals surface area contributed by atoms with Crippen molar-refractivity contribution >= 4 is 10.9 Å². The van der Waals surface area contributed by atoms with Crippen LogP contribution in [0.5, 0.6) is 0 Å². The van der Waals surface area contributed by atoms with Gasteiger partial charge in [0.05, 0.1) is 17.3 Å². The minimum atomic E-state index is 0.548. The summed E-state index contributed by atoms with van der Waals surface area (Å²) in [6.45, 7) is 3.96. The second-order valence-electron chi connectivity index (χ2n) is 5.95. The van der Waals surface area contributed by atoms with E-state index in [1.54, 1.807) is 0 Å². The number of rotatable bonds is 6. The number of hydrogen-bond donors (Lipinski definition) is 0. The first-order chi connectivity index (χ1) is 10.3. The van der Waals surface area contributed by atoms with Gasteiger partial charge in [0.25, 0.3) is 0 Å². The lowest BCUT2D eigenvalue weighted by molar-refractivity contribution is 0.183. The van der Waals surface area contributed by atoms with Crippen molar-refractivity contribution in [2.24, 2.45) is 5.92 Å². The standard InChI is InChI=1S/C18H21N3/c1-14(15-7-8-15)21(12-4-11-19)13-17-10-9-16-5-2-3-6-18(16)20-17/h2-3,5-6,9-10,14-15H,4,7-8,12-13H2,1H3/t14-/m0/s1. The summed E-state index contributed by atoms with van der Waals surface area (Å²) in [4.78, 5) is 7.18. The van der Waals surface area contributed by atoms with Crippen LogP contribution in [0.1, 0.15) is 31.9 Å². The largest absolute Gasteiger partial charge is 0.294 e. The van der Waals surface area contributed by atoms with Gasteiger partial charge in [-0.05, 0) is 37.8 Å². The molecule has 1 heterocycles. The molecule has 1 aromatic carbocycles. The monoisotopic (exact) mass is 279 g/mol. The van der Waals surface area contributed by atoms with Crippen LogP contribution in [0.4, 0.5) is 0 Å². The maximum atomic E-state index is 8.87. The van der Waals surface area contributed by atoms with E-state index in [1.807, 2.05) is 12.1 Å². The number of hydrogen-bond acceptors (Lipinski definition) is 3. The highest BCUT2D eigenvalue weighted by molar-refractivity contribution is 5.78. The van der Waals surface area contributed by atoms with Crippen molar-refractivity contribution in [3.05, 3.63) is 42.1 Å². The number of fused-ring (bicyclic) bond motifs is 1. The molecule has 3 heteroatoms. The first-order valence-electron chi connectivity index (χ1n) is 7.73. The van der Waals surface area contributed by atoms with E-state index in [-0.39, 0.29) is 0 Å². The molecule has 0 saturated heterocycles. The molecule has 2 aromatic rings. The van der Waals surface area contributed by atoms with Gasteiger partial charge in [0.15, 0.2) is 0 Å². The third-order valence-electron chi connectivity index (χ3n) is 4.41. The third kappa shape index (κ3) is 3.40. The fourth-order valence-electron chi connectivity index (χ4n) is 2.90. The van der Waals surface area contributed by atoms with Gasteiger partial charge < -0.3 is 0 Å². The fraction of sp³-hybridized carbons (Fsp3) is 0.444. The molecule has 21 heavy (non-hydrogen) atoms. The number of pyridine rings is 1. The van der Waals surface area contributed by atoms with Crippen molar-refractivity contribution in [1.29, 1.82) is 5.26 Å². The van der Waals surface area contributed by atoms with Crippen LogP contribution in [-0.4, -0.2) is 22.5 Å². The quantitative estimate of drug-likeness (QED) is 0.808. The van der Waals surface area contributed by atoms with Crippen LogP contribution in [0.2, 0.25) is 0 Å². The summed E-state index contributed by atoms with van der Waals surface area (Å²) in [6.07, 6.45) is 3.25. The molecule has 0 amide bonds. The summed E-state index contributed by atoms with van der Waals surface area (Å²) in [7, 11) is 0. The van der Waals surface area contributed by atoms with Gasteiger partial charge >= 0.3 is 0 Å². The van der Waals surface area contributed by atoms with Gasteiger partial charge in [0.1, 0.15) is 0 Å². The van der Waals surface area contributed by atoms with Crippen LogP contribution in [0, 0.1) is 17.2 Å². The van der Waals surface area contributed by atoms with Crippen molar-refractivity contribution in [3.63, 3.8) is 0 Å². The molecule has 1 atom stereocenters. The van der Waals surface area contributed by atoms with E-state index in [0.717, 1.165) is 30.2 Å². The lowest BCUT2D eigenvalue weighted by atomic mass is 10.1. The fourth-order valence-corrected chi connectivity index (χ4v) is 2.90. The van der Waals surface area contributed by atoms with Crippen LogP contribution in [0.25, 0.3) is 10.9 Å². The van der Waals surface area contributed by atoms with E-state index in [4.69, 9.17) is 10.2 Å². The Morgan fingerprint density at radius 2 is 2.10 bits per heavy atom. The predicted molar refractivity (Wildman–Crippen MR) is 84.6 cm³/mol. The number of nitriles is 1. The lowest BCUT2D eigenvalue weighted by Crippen LogP contribution is -2.35. The molecule has 1 aliphatic carbocycles. The summed E-state index contributed by atoms with van der Waals surface area (Å²) in [5.41, 5.74) is 2.15. The minimum Gasteiger partial charge on any atom is -0.294 e. The Bertz CT molecular complexity index is 655. The molecule has 0 bridgehead atoms. The average Bonchev–Trinajstić information content (AvgIpc) is 3.35. The minimum absolute atomic E-state index is 0.548. The van der Waals surface area contributed by atoms with E-state index in [0.29, 0.717) is 12.5 Å². The smallest absolute Gasteiger partial charge is 0.0705 e. The van der Waals surface area contributed by atoms with E-state index >= 15 is 0 Å². The maximum absolute atomic E-state index is 8.87. The number of para-hydroxylation sites is 1. The Hall–Kier alpha value is -1.92. The Balaban J connectivity index is 1.77. The second kappa shape index (κ2) is 6.24. The molecule has 0 N–H and O–H groups in total. The molecule has 1 fully saturated rings. The van der Waals surface area contributed by atoms with Gasteiger partial charge in [-0.1, -0.05) is 24.3 Å². The zero-order valence-corrected chi connectivity index (χ0v) is 12.5. The van der Waals surface area contributed by atoms with Crippen molar-refractivity contribution in [1.82, 2.24) is 9.88 Å². The zero-order valence-electron chi connectivity index (χ0n) is 12.5. The Kier molecular flexibility index (Phi) is 4.17. The van der Waals surface area contributed by atoms with Crippen LogP contribution >= 0.6 is 0 Å². The molecule has 1 aliphatic rings. The second-order valence-corrected chi connectivity index (χ2v) is 5.95. The van der Waals surface area contributed by atoms with E-state index < -0.39 is 0 Å². The van der Waals surface area contributed by atoms with Gasteiger partial charge in [0, 0.05) is 30.9 Å². The number of benzene rings is 1. The number of aromatic nitrogens is 1. The highest BCUT2D eigenvalue weighted by Crippen LogP contribution is 2.35. The molecule has 0 aliphatic heterocycles. The zero-order chi connectivity index (χ0) is 14.7. The highest BCUT2D eigenvalue weighted by atomic mass is 15.2.